The molecule has 0 amide bonds. The van der Waals surface area contributed by atoms with Crippen LogP contribution in [-0.4, -0.2) is 11.3 Å². The van der Waals surface area contributed by atoms with E-state index < -0.39 is 0 Å². The van der Waals surface area contributed by atoms with Gasteiger partial charge in [0.25, 0.3) is 0 Å². The number of aromatic nitrogens is 1. The van der Waals surface area contributed by atoms with Crippen molar-refractivity contribution in [3.63, 3.8) is 0 Å². The van der Waals surface area contributed by atoms with Gasteiger partial charge in [0, 0.05) is 6.54 Å². The number of carbonyl (C=O) groups is 1. The second-order valence-electron chi connectivity index (χ2n) is 2.68. The average molecular weight is 192 g/mol. The molecule has 0 bridgehead atoms. The van der Waals surface area contributed by atoms with Crippen LogP contribution in [-0.2, 0) is 6.54 Å². The molecular weight excluding hydrogens is 184 g/mol. The van der Waals surface area contributed by atoms with Gasteiger partial charge in [0.05, 0.1) is 10.2 Å². The highest BCUT2D eigenvalue weighted by molar-refractivity contribution is 7.20. The van der Waals surface area contributed by atoms with Crippen LogP contribution < -0.4 is 5.73 Å². The molecule has 0 saturated heterocycles. The normalized spacial score (nSPS) is 10.5. The highest BCUT2D eigenvalue weighted by atomic mass is 32.1. The molecule has 1 aromatic heterocycles. The molecule has 4 heteroatoms. The summed E-state index contributed by atoms with van der Waals surface area (Å²) in [5.74, 6) is 0. The fraction of sp³-hybridized carbons (Fsp3) is 0.111. The van der Waals surface area contributed by atoms with Crippen LogP contribution in [0.3, 0.4) is 0 Å². The first-order chi connectivity index (χ1) is 6.33. The maximum absolute atomic E-state index is 10.5. The smallest absolute Gasteiger partial charge is 0.178 e. The van der Waals surface area contributed by atoms with Crippen molar-refractivity contribution >= 4 is 27.8 Å². The number of hydrogen-bond donors (Lipinski definition) is 1. The van der Waals surface area contributed by atoms with E-state index >= 15 is 0 Å². The third kappa shape index (κ3) is 1.46. The van der Waals surface area contributed by atoms with E-state index in [1.165, 1.54) is 11.3 Å². The van der Waals surface area contributed by atoms with Gasteiger partial charge >= 0.3 is 0 Å². The van der Waals surface area contributed by atoms with Crippen molar-refractivity contribution < 1.29 is 4.79 Å². The molecule has 0 radical (unpaired) electrons. The lowest BCUT2D eigenvalue weighted by molar-refractivity contribution is 0.112. The van der Waals surface area contributed by atoms with Gasteiger partial charge in [-0.05, 0) is 17.7 Å². The Labute approximate surface area is 79.2 Å². The number of carbonyl (C=O) groups excluding carboxylic acids is 1. The summed E-state index contributed by atoms with van der Waals surface area (Å²) in [6, 6.07) is 5.79. The number of fused-ring (bicyclic) bond motifs is 1. The van der Waals surface area contributed by atoms with E-state index in [4.69, 9.17) is 5.73 Å². The van der Waals surface area contributed by atoms with E-state index in [1.54, 1.807) is 0 Å². The van der Waals surface area contributed by atoms with Gasteiger partial charge in [0.2, 0.25) is 0 Å². The van der Waals surface area contributed by atoms with E-state index in [-0.39, 0.29) is 0 Å². The number of rotatable bonds is 2. The molecule has 0 aliphatic heterocycles. The molecule has 3 nitrogen and oxygen atoms in total. The van der Waals surface area contributed by atoms with Gasteiger partial charge in [0.15, 0.2) is 11.3 Å². The first-order valence-corrected chi connectivity index (χ1v) is 4.70. The molecule has 1 aromatic carbocycles. The van der Waals surface area contributed by atoms with Crippen LogP contribution in [0.4, 0.5) is 0 Å². The molecular formula is C9H8N2OS. The second-order valence-corrected chi connectivity index (χ2v) is 3.74. The summed E-state index contributed by atoms with van der Waals surface area (Å²) in [7, 11) is 0. The van der Waals surface area contributed by atoms with Gasteiger partial charge in [0.1, 0.15) is 0 Å². The van der Waals surface area contributed by atoms with Crippen LogP contribution in [0.15, 0.2) is 18.2 Å². The molecule has 2 aromatic rings. The van der Waals surface area contributed by atoms with Crippen molar-refractivity contribution in [1.82, 2.24) is 4.98 Å². The summed E-state index contributed by atoms with van der Waals surface area (Å²) in [4.78, 5) is 14.6. The Kier molecular flexibility index (Phi) is 2.08. The summed E-state index contributed by atoms with van der Waals surface area (Å²) in [6.07, 6.45) is 0.771. The number of hydrogen-bond acceptors (Lipinski definition) is 4. The third-order valence-corrected chi connectivity index (χ3v) is 2.75. The molecule has 0 aliphatic carbocycles. The first kappa shape index (κ1) is 8.34. The highest BCUT2D eigenvalue weighted by Crippen LogP contribution is 2.21. The number of nitrogens with two attached hydrogens (primary N) is 1. The van der Waals surface area contributed by atoms with Crippen molar-refractivity contribution in [2.24, 2.45) is 5.73 Å². The molecule has 13 heavy (non-hydrogen) atoms. The van der Waals surface area contributed by atoms with Crippen molar-refractivity contribution in [3.8, 4) is 0 Å². The topological polar surface area (TPSA) is 56.0 Å². The van der Waals surface area contributed by atoms with Gasteiger partial charge in [-0.1, -0.05) is 6.07 Å². The van der Waals surface area contributed by atoms with Gasteiger partial charge in [-0.2, -0.15) is 0 Å². The van der Waals surface area contributed by atoms with Crippen LogP contribution in [0.25, 0.3) is 10.2 Å². The van der Waals surface area contributed by atoms with Crippen LogP contribution in [0.5, 0.6) is 0 Å². The zero-order valence-corrected chi connectivity index (χ0v) is 7.67. The standard InChI is InChI=1S/C9H8N2OS/c10-4-6-1-2-7-8(3-6)13-9(5-12)11-7/h1-3,5H,4,10H2. The summed E-state index contributed by atoms with van der Waals surface area (Å²) in [6.45, 7) is 0.518. The number of thiazole rings is 1. The summed E-state index contributed by atoms with van der Waals surface area (Å²) >= 11 is 1.39. The van der Waals surface area contributed by atoms with Crippen molar-refractivity contribution in [2.45, 2.75) is 6.54 Å². The monoisotopic (exact) mass is 192 g/mol. The van der Waals surface area contributed by atoms with Crippen LogP contribution in [0.2, 0.25) is 0 Å². The zero-order chi connectivity index (χ0) is 9.26. The van der Waals surface area contributed by atoms with E-state index in [1.807, 2.05) is 18.2 Å². The lowest BCUT2D eigenvalue weighted by Crippen LogP contribution is -1.94. The molecule has 0 aliphatic rings. The fourth-order valence-corrected chi connectivity index (χ4v) is 2.01. The molecule has 0 saturated carbocycles. The minimum absolute atomic E-state index is 0.518. The predicted molar refractivity (Wildman–Crippen MR) is 52.9 cm³/mol. The first-order valence-electron chi connectivity index (χ1n) is 3.88. The van der Waals surface area contributed by atoms with Crippen molar-refractivity contribution in [2.75, 3.05) is 0 Å². The van der Waals surface area contributed by atoms with Gasteiger partial charge in [-0.25, -0.2) is 4.98 Å². The van der Waals surface area contributed by atoms with Crippen LogP contribution in [0, 0.1) is 0 Å². The quantitative estimate of drug-likeness (QED) is 0.735. The van der Waals surface area contributed by atoms with Gasteiger partial charge in [-0.3, -0.25) is 4.79 Å². The molecule has 2 N–H and O–H groups in total. The van der Waals surface area contributed by atoms with Gasteiger partial charge in [-0.15, -0.1) is 11.3 Å². The maximum Gasteiger partial charge on any atom is 0.178 e. The van der Waals surface area contributed by atoms with E-state index in [9.17, 15) is 4.79 Å². The summed E-state index contributed by atoms with van der Waals surface area (Å²) in [5.41, 5.74) is 7.42. The third-order valence-electron chi connectivity index (χ3n) is 1.81. The number of nitrogens with zero attached hydrogens (tertiary/aromatic N) is 1. The summed E-state index contributed by atoms with van der Waals surface area (Å²) < 4.78 is 1.02. The van der Waals surface area contributed by atoms with E-state index in [2.05, 4.69) is 4.98 Å². The SMILES string of the molecule is NCc1ccc2nc(C=O)sc2c1. The molecule has 1 heterocycles. The van der Waals surface area contributed by atoms with Crippen molar-refractivity contribution in [3.05, 3.63) is 28.8 Å². The lowest BCUT2D eigenvalue weighted by Gasteiger charge is -1.93. The number of benzene rings is 1. The molecule has 0 fully saturated rings. The molecule has 2 rings (SSSR count). The average Bonchev–Trinajstić information content (AvgIpc) is 2.58. The highest BCUT2D eigenvalue weighted by Gasteiger charge is 2.02. The lowest BCUT2D eigenvalue weighted by atomic mass is 10.2. The molecule has 0 atom stereocenters. The summed E-state index contributed by atoms with van der Waals surface area (Å²) in [5, 5.41) is 0.518. The second kappa shape index (κ2) is 3.24. The van der Waals surface area contributed by atoms with Crippen LogP contribution in [0.1, 0.15) is 15.4 Å². The maximum atomic E-state index is 10.5. The Morgan fingerprint density at radius 1 is 1.54 bits per heavy atom. The largest absolute Gasteiger partial charge is 0.326 e. The molecule has 66 valence electrons. The van der Waals surface area contributed by atoms with E-state index in [0.717, 1.165) is 22.1 Å². The Balaban J connectivity index is 2.63. The Bertz CT molecular complexity index is 450. The Morgan fingerprint density at radius 2 is 2.38 bits per heavy atom. The fourth-order valence-electron chi connectivity index (χ4n) is 1.16. The van der Waals surface area contributed by atoms with Gasteiger partial charge < -0.3 is 5.73 Å². The molecule has 0 unspecified atom stereocenters. The zero-order valence-electron chi connectivity index (χ0n) is 6.86. The minimum atomic E-state index is 0.518. The number of aldehydes is 1. The predicted octanol–water partition coefficient (Wildman–Crippen LogP) is 1.57. The van der Waals surface area contributed by atoms with Crippen molar-refractivity contribution in [1.29, 1.82) is 0 Å². The van der Waals surface area contributed by atoms with Crippen LogP contribution >= 0.6 is 11.3 Å². The molecule has 0 spiro atoms. The Hall–Kier alpha value is -1.26. The Morgan fingerprint density at radius 3 is 3.08 bits per heavy atom. The van der Waals surface area contributed by atoms with E-state index in [0.29, 0.717) is 11.6 Å². The minimum Gasteiger partial charge on any atom is -0.326 e.